The first kappa shape index (κ1) is 12.7. The quantitative estimate of drug-likeness (QED) is 0.899. The molecule has 0 spiro atoms. The van der Waals surface area contributed by atoms with Gasteiger partial charge in [0.1, 0.15) is 17.2 Å². The molecule has 104 valence electrons. The van der Waals surface area contributed by atoms with Crippen LogP contribution < -0.4 is 4.90 Å². The first-order valence-electron chi connectivity index (χ1n) is 6.53. The maximum absolute atomic E-state index is 11.5. The van der Waals surface area contributed by atoms with Gasteiger partial charge in [0.25, 0.3) is 0 Å². The van der Waals surface area contributed by atoms with E-state index in [4.69, 9.17) is 0 Å². The zero-order chi connectivity index (χ0) is 14.3. The normalized spacial score (nSPS) is 14.2. The highest BCUT2D eigenvalue weighted by molar-refractivity contribution is 5.95. The molecule has 2 aromatic heterocycles. The molecule has 0 fully saturated rings. The fourth-order valence-electron chi connectivity index (χ4n) is 2.66. The van der Waals surface area contributed by atoms with Crippen LogP contribution in [0.3, 0.4) is 0 Å². The van der Waals surface area contributed by atoms with Crippen LogP contribution in [0.15, 0.2) is 18.5 Å². The lowest BCUT2D eigenvalue weighted by atomic mass is 10.1. The SMILES string of the molecule is Cc1cc(C)c(C(=O)O)c(N2CCn3ccnc3C2)n1. The van der Waals surface area contributed by atoms with Crippen molar-refractivity contribution in [1.82, 2.24) is 14.5 Å². The lowest BCUT2D eigenvalue weighted by molar-refractivity contribution is 0.0696. The average Bonchev–Trinajstić information content (AvgIpc) is 2.84. The smallest absolute Gasteiger partial charge is 0.339 e. The number of aromatic nitrogens is 3. The van der Waals surface area contributed by atoms with Crippen molar-refractivity contribution in [3.8, 4) is 0 Å². The zero-order valence-electron chi connectivity index (χ0n) is 11.5. The highest BCUT2D eigenvalue weighted by atomic mass is 16.4. The summed E-state index contributed by atoms with van der Waals surface area (Å²) in [5.41, 5.74) is 1.86. The van der Waals surface area contributed by atoms with E-state index in [0.717, 1.165) is 30.2 Å². The second kappa shape index (κ2) is 4.63. The van der Waals surface area contributed by atoms with Crippen LogP contribution in [-0.2, 0) is 13.1 Å². The number of hydrogen-bond acceptors (Lipinski definition) is 4. The van der Waals surface area contributed by atoms with E-state index in [1.54, 1.807) is 12.3 Å². The van der Waals surface area contributed by atoms with E-state index in [9.17, 15) is 9.90 Å². The highest BCUT2D eigenvalue weighted by Crippen LogP contribution is 2.25. The Hall–Kier alpha value is -2.37. The van der Waals surface area contributed by atoms with Crippen LogP contribution in [0, 0.1) is 13.8 Å². The molecule has 0 saturated heterocycles. The summed E-state index contributed by atoms with van der Waals surface area (Å²) in [7, 11) is 0. The number of fused-ring (bicyclic) bond motifs is 1. The minimum Gasteiger partial charge on any atom is -0.478 e. The third kappa shape index (κ3) is 2.03. The number of aromatic carboxylic acids is 1. The van der Waals surface area contributed by atoms with Crippen LogP contribution in [0.5, 0.6) is 0 Å². The summed E-state index contributed by atoms with van der Waals surface area (Å²) in [6.07, 6.45) is 3.71. The third-order valence-corrected chi connectivity index (χ3v) is 3.58. The molecule has 6 heteroatoms. The molecule has 0 saturated carbocycles. The summed E-state index contributed by atoms with van der Waals surface area (Å²) in [5.74, 6) is 0.553. The first-order chi connectivity index (χ1) is 9.56. The maximum atomic E-state index is 11.5. The Bertz CT molecular complexity index is 678. The molecule has 0 aliphatic carbocycles. The van der Waals surface area contributed by atoms with E-state index in [0.29, 0.717) is 12.4 Å². The van der Waals surface area contributed by atoms with E-state index >= 15 is 0 Å². The van der Waals surface area contributed by atoms with Crippen molar-refractivity contribution in [2.45, 2.75) is 26.9 Å². The van der Waals surface area contributed by atoms with Crippen LogP contribution in [0.2, 0.25) is 0 Å². The Balaban J connectivity index is 2.05. The Morgan fingerprint density at radius 2 is 2.15 bits per heavy atom. The summed E-state index contributed by atoms with van der Waals surface area (Å²) >= 11 is 0. The average molecular weight is 272 g/mol. The van der Waals surface area contributed by atoms with Gasteiger partial charge in [0.05, 0.1) is 6.54 Å². The molecular weight excluding hydrogens is 256 g/mol. The van der Waals surface area contributed by atoms with Crippen LogP contribution in [0.1, 0.15) is 27.4 Å². The molecule has 6 nitrogen and oxygen atoms in total. The number of carboxylic acids is 1. The van der Waals surface area contributed by atoms with Crippen LogP contribution in [0.4, 0.5) is 5.82 Å². The Morgan fingerprint density at radius 1 is 1.35 bits per heavy atom. The summed E-state index contributed by atoms with van der Waals surface area (Å²) < 4.78 is 2.08. The van der Waals surface area contributed by atoms with E-state index in [1.165, 1.54) is 0 Å². The van der Waals surface area contributed by atoms with Gasteiger partial charge in [0.15, 0.2) is 0 Å². The lowest BCUT2D eigenvalue weighted by Crippen LogP contribution is -2.35. The minimum atomic E-state index is -0.932. The van der Waals surface area contributed by atoms with Crippen molar-refractivity contribution in [2.75, 3.05) is 11.4 Å². The maximum Gasteiger partial charge on any atom is 0.339 e. The van der Waals surface area contributed by atoms with Gasteiger partial charge >= 0.3 is 5.97 Å². The van der Waals surface area contributed by atoms with Crippen LogP contribution >= 0.6 is 0 Å². The van der Waals surface area contributed by atoms with Crippen LogP contribution in [0.25, 0.3) is 0 Å². The Kier molecular flexibility index (Phi) is 2.93. The van der Waals surface area contributed by atoms with Gasteiger partial charge in [0, 0.05) is 31.2 Å². The summed E-state index contributed by atoms with van der Waals surface area (Å²) in [6, 6.07) is 1.80. The zero-order valence-corrected chi connectivity index (χ0v) is 11.5. The monoisotopic (exact) mass is 272 g/mol. The van der Waals surface area contributed by atoms with E-state index in [2.05, 4.69) is 14.5 Å². The fourth-order valence-corrected chi connectivity index (χ4v) is 2.66. The van der Waals surface area contributed by atoms with Crippen LogP contribution in [-0.4, -0.2) is 32.2 Å². The number of imidazole rings is 1. The highest BCUT2D eigenvalue weighted by Gasteiger charge is 2.24. The lowest BCUT2D eigenvalue weighted by Gasteiger charge is -2.30. The molecule has 20 heavy (non-hydrogen) atoms. The van der Waals surface area contributed by atoms with Crippen molar-refractivity contribution < 1.29 is 9.90 Å². The number of anilines is 1. The number of carbonyl (C=O) groups is 1. The minimum absolute atomic E-state index is 0.288. The van der Waals surface area contributed by atoms with Gasteiger partial charge in [-0.1, -0.05) is 0 Å². The van der Waals surface area contributed by atoms with Crippen molar-refractivity contribution >= 4 is 11.8 Å². The molecule has 0 unspecified atom stereocenters. The molecule has 2 aromatic rings. The predicted molar refractivity (Wildman–Crippen MR) is 73.9 cm³/mol. The topological polar surface area (TPSA) is 71.2 Å². The van der Waals surface area contributed by atoms with Gasteiger partial charge in [-0.3, -0.25) is 0 Å². The fraction of sp³-hybridized carbons (Fsp3) is 0.357. The summed E-state index contributed by atoms with van der Waals surface area (Å²) in [5, 5.41) is 9.44. The number of carboxylic acid groups (broad SMARTS) is 1. The van der Waals surface area contributed by atoms with E-state index < -0.39 is 5.97 Å². The first-order valence-corrected chi connectivity index (χ1v) is 6.53. The standard InChI is InChI=1S/C14H16N4O2/c1-9-7-10(2)16-13(12(9)14(19)20)18-6-5-17-4-3-15-11(17)8-18/h3-4,7H,5-6,8H2,1-2H3,(H,19,20). The predicted octanol–water partition coefficient (Wildman–Crippen LogP) is 1.61. The molecular formula is C14H16N4O2. The summed E-state index contributed by atoms with van der Waals surface area (Å²) in [6.45, 7) is 5.81. The molecule has 1 N–H and O–H groups in total. The van der Waals surface area contributed by atoms with Gasteiger partial charge in [-0.15, -0.1) is 0 Å². The molecule has 3 rings (SSSR count). The van der Waals surface area contributed by atoms with Gasteiger partial charge in [-0.25, -0.2) is 14.8 Å². The van der Waals surface area contributed by atoms with Crippen molar-refractivity contribution in [2.24, 2.45) is 0 Å². The van der Waals surface area contributed by atoms with Gasteiger partial charge in [-0.05, 0) is 25.5 Å². The van der Waals surface area contributed by atoms with Gasteiger partial charge in [-0.2, -0.15) is 0 Å². The van der Waals surface area contributed by atoms with Crippen molar-refractivity contribution in [1.29, 1.82) is 0 Å². The molecule has 1 aliphatic rings. The molecule has 0 radical (unpaired) electrons. The molecule has 1 aliphatic heterocycles. The number of aryl methyl sites for hydroxylation is 2. The van der Waals surface area contributed by atoms with E-state index in [1.807, 2.05) is 24.9 Å². The molecule has 0 bridgehead atoms. The molecule has 3 heterocycles. The van der Waals surface area contributed by atoms with Gasteiger partial charge < -0.3 is 14.6 Å². The Labute approximate surface area is 116 Å². The molecule has 0 amide bonds. The second-order valence-corrected chi connectivity index (χ2v) is 5.04. The second-order valence-electron chi connectivity index (χ2n) is 5.04. The van der Waals surface area contributed by atoms with Crippen molar-refractivity contribution in [3.63, 3.8) is 0 Å². The van der Waals surface area contributed by atoms with Crippen molar-refractivity contribution in [3.05, 3.63) is 41.1 Å². The number of pyridine rings is 1. The van der Waals surface area contributed by atoms with Gasteiger partial charge in [0.2, 0.25) is 0 Å². The molecule has 0 aromatic carbocycles. The number of nitrogens with zero attached hydrogens (tertiary/aromatic N) is 4. The summed E-state index contributed by atoms with van der Waals surface area (Å²) in [4.78, 5) is 22.2. The third-order valence-electron chi connectivity index (χ3n) is 3.58. The number of hydrogen-bond donors (Lipinski definition) is 1. The van der Waals surface area contributed by atoms with E-state index in [-0.39, 0.29) is 5.56 Å². The largest absolute Gasteiger partial charge is 0.478 e. The Morgan fingerprint density at radius 3 is 2.90 bits per heavy atom. The molecule has 0 atom stereocenters. The number of rotatable bonds is 2.